The van der Waals surface area contributed by atoms with Crippen LogP contribution < -0.4 is 0 Å². The fourth-order valence-corrected chi connectivity index (χ4v) is 3.25. The standard InChI is InChI=1S/C25H49N/c1-4-7-10-12-14-16-18-21-24-26(23-20-9-6-3)25-22-19-17-15-13-11-8-5-2/h21-22,24-25H,4-20,23H2,1-3H3. The van der Waals surface area contributed by atoms with Gasteiger partial charge in [0.25, 0.3) is 0 Å². The van der Waals surface area contributed by atoms with E-state index in [1.165, 1.54) is 116 Å². The van der Waals surface area contributed by atoms with Gasteiger partial charge in [0, 0.05) is 6.54 Å². The van der Waals surface area contributed by atoms with Gasteiger partial charge in [-0.05, 0) is 44.5 Å². The number of rotatable bonds is 20. The van der Waals surface area contributed by atoms with E-state index in [9.17, 15) is 0 Å². The molecular weight excluding hydrogens is 314 g/mol. The summed E-state index contributed by atoms with van der Waals surface area (Å²) in [5, 5.41) is 0. The molecule has 0 aromatic carbocycles. The molecule has 0 atom stereocenters. The van der Waals surface area contributed by atoms with Crippen molar-refractivity contribution < 1.29 is 0 Å². The van der Waals surface area contributed by atoms with Gasteiger partial charge in [0.05, 0.1) is 0 Å². The molecule has 0 bridgehead atoms. The monoisotopic (exact) mass is 363 g/mol. The molecule has 0 heterocycles. The Hall–Kier alpha value is -0.720. The van der Waals surface area contributed by atoms with Crippen LogP contribution in [0.15, 0.2) is 24.6 Å². The molecule has 0 aromatic heterocycles. The molecule has 0 unspecified atom stereocenters. The molecule has 0 rings (SSSR count). The minimum absolute atomic E-state index is 1.17. The summed E-state index contributed by atoms with van der Waals surface area (Å²) in [5.74, 6) is 0. The van der Waals surface area contributed by atoms with E-state index in [1.54, 1.807) is 0 Å². The van der Waals surface area contributed by atoms with Gasteiger partial charge in [0.15, 0.2) is 0 Å². The summed E-state index contributed by atoms with van der Waals surface area (Å²) in [7, 11) is 0. The average molecular weight is 364 g/mol. The van der Waals surface area contributed by atoms with Gasteiger partial charge in [-0.15, -0.1) is 0 Å². The molecule has 0 aromatic rings. The SMILES string of the molecule is CCCCCCCCC=CN(C=CCCCCCCCC)CCCCC. The van der Waals surface area contributed by atoms with Crippen LogP contribution >= 0.6 is 0 Å². The smallest absolute Gasteiger partial charge is 0.0219 e. The van der Waals surface area contributed by atoms with Gasteiger partial charge in [0.1, 0.15) is 0 Å². The van der Waals surface area contributed by atoms with E-state index >= 15 is 0 Å². The normalized spacial score (nSPS) is 11.8. The molecule has 0 radical (unpaired) electrons. The summed E-state index contributed by atoms with van der Waals surface area (Å²) < 4.78 is 0. The van der Waals surface area contributed by atoms with Crippen molar-refractivity contribution in [3.8, 4) is 0 Å². The second-order valence-electron chi connectivity index (χ2n) is 7.83. The molecule has 0 aliphatic carbocycles. The lowest BCUT2D eigenvalue weighted by Crippen LogP contribution is -2.11. The van der Waals surface area contributed by atoms with Gasteiger partial charge < -0.3 is 4.90 Å². The molecule has 26 heavy (non-hydrogen) atoms. The van der Waals surface area contributed by atoms with Crippen molar-refractivity contribution in [1.29, 1.82) is 0 Å². The van der Waals surface area contributed by atoms with E-state index < -0.39 is 0 Å². The maximum Gasteiger partial charge on any atom is 0.0219 e. The fraction of sp³-hybridized carbons (Fsp3) is 0.840. The molecule has 0 fully saturated rings. The van der Waals surface area contributed by atoms with Gasteiger partial charge in [0.2, 0.25) is 0 Å². The van der Waals surface area contributed by atoms with E-state index in [2.05, 4.69) is 50.2 Å². The van der Waals surface area contributed by atoms with E-state index in [1.807, 2.05) is 0 Å². The highest BCUT2D eigenvalue weighted by molar-refractivity contribution is 4.92. The van der Waals surface area contributed by atoms with Crippen molar-refractivity contribution in [2.24, 2.45) is 0 Å². The van der Waals surface area contributed by atoms with Crippen LogP contribution in [0.5, 0.6) is 0 Å². The number of unbranched alkanes of at least 4 members (excludes halogenated alkanes) is 14. The van der Waals surface area contributed by atoms with E-state index in [-0.39, 0.29) is 0 Å². The highest BCUT2D eigenvalue weighted by Crippen LogP contribution is 2.10. The zero-order valence-corrected chi connectivity index (χ0v) is 18.5. The zero-order valence-electron chi connectivity index (χ0n) is 18.5. The zero-order chi connectivity index (χ0) is 19.1. The van der Waals surface area contributed by atoms with Gasteiger partial charge in [-0.2, -0.15) is 0 Å². The molecular formula is C25H49N. The highest BCUT2D eigenvalue weighted by Gasteiger charge is 1.95. The van der Waals surface area contributed by atoms with Crippen LogP contribution in [0.4, 0.5) is 0 Å². The summed E-state index contributed by atoms with van der Waals surface area (Å²) in [6.07, 6.45) is 32.5. The van der Waals surface area contributed by atoms with Gasteiger partial charge in [-0.25, -0.2) is 0 Å². The van der Waals surface area contributed by atoms with Gasteiger partial charge in [-0.1, -0.05) is 110 Å². The molecule has 154 valence electrons. The Kier molecular flexibility index (Phi) is 21.7. The first kappa shape index (κ1) is 25.3. The molecule has 0 spiro atoms. The van der Waals surface area contributed by atoms with Crippen LogP contribution in [-0.4, -0.2) is 11.4 Å². The largest absolute Gasteiger partial charge is 0.355 e. The molecule has 0 aliphatic heterocycles. The maximum atomic E-state index is 2.42. The van der Waals surface area contributed by atoms with Gasteiger partial charge in [-0.3, -0.25) is 0 Å². The van der Waals surface area contributed by atoms with Crippen LogP contribution in [0.2, 0.25) is 0 Å². The molecule has 0 aliphatic rings. The first-order valence-electron chi connectivity index (χ1n) is 11.9. The molecule has 0 saturated carbocycles. The Bertz CT molecular complexity index is 279. The molecule has 0 saturated heterocycles. The number of nitrogens with zero attached hydrogens (tertiary/aromatic N) is 1. The van der Waals surface area contributed by atoms with E-state index in [4.69, 9.17) is 0 Å². The van der Waals surface area contributed by atoms with E-state index in [0.29, 0.717) is 0 Å². The Labute approximate surface area is 166 Å². The maximum absolute atomic E-state index is 2.42. The van der Waals surface area contributed by atoms with Crippen molar-refractivity contribution in [2.75, 3.05) is 6.54 Å². The lowest BCUT2D eigenvalue weighted by molar-refractivity contribution is 0.472. The first-order valence-corrected chi connectivity index (χ1v) is 11.9. The minimum atomic E-state index is 1.17. The fourth-order valence-electron chi connectivity index (χ4n) is 3.25. The third kappa shape index (κ3) is 19.6. The highest BCUT2D eigenvalue weighted by atomic mass is 15.1. The lowest BCUT2D eigenvalue weighted by Gasteiger charge is -2.15. The average Bonchev–Trinajstić information content (AvgIpc) is 2.65. The number of hydrogen-bond donors (Lipinski definition) is 0. The lowest BCUT2D eigenvalue weighted by atomic mass is 10.1. The Morgan fingerprint density at radius 2 is 0.846 bits per heavy atom. The second-order valence-corrected chi connectivity index (χ2v) is 7.83. The predicted molar refractivity (Wildman–Crippen MR) is 120 cm³/mol. The second kappa shape index (κ2) is 22.3. The first-order chi connectivity index (χ1) is 12.8. The molecule has 1 nitrogen and oxygen atoms in total. The van der Waals surface area contributed by atoms with Crippen molar-refractivity contribution in [2.45, 2.75) is 130 Å². The third-order valence-electron chi connectivity index (χ3n) is 5.06. The molecule has 0 N–H and O–H groups in total. The third-order valence-corrected chi connectivity index (χ3v) is 5.06. The summed E-state index contributed by atoms with van der Waals surface area (Å²) in [5.41, 5.74) is 0. The number of hydrogen-bond acceptors (Lipinski definition) is 1. The van der Waals surface area contributed by atoms with Crippen LogP contribution in [0, 0.1) is 0 Å². The van der Waals surface area contributed by atoms with Crippen LogP contribution in [-0.2, 0) is 0 Å². The van der Waals surface area contributed by atoms with E-state index in [0.717, 1.165) is 0 Å². The van der Waals surface area contributed by atoms with Gasteiger partial charge >= 0.3 is 0 Å². The Morgan fingerprint density at radius 3 is 1.31 bits per heavy atom. The van der Waals surface area contributed by atoms with Crippen LogP contribution in [0.25, 0.3) is 0 Å². The van der Waals surface area contributed by atoms with Crippen LogP contribution in [0.1, 0.15) is 130 Å². The predicted octanol–water partition coefficient (Wildman–Crippen LogP) is 9.01. The Morgan fingerprint density at radius 1 is 0.462 bits per heavy atom. The topological polar surface area (TPSA) is 3.24 Å². The quantitative estimate of drug-likeness (QED) is 0.195. The molecule has 1 heteroatoms. The minimum Gasteiger partial charge on any atom is -0.355 e. The van der Waals surface area contributed by atoms with Crippen molar-refractivity contribution in [1.82, 2.24) is 4.90 Å². The number of allylic oxidation sites excluding steroid dienone is 2. The Balaban J connectivity index is 3.90. The van der Waals surface area contributed by atoms with Crippen molar-refractivity contribution in [3.63, 3.8) is 0 Å². The summed E-state index contributed by atoms with van der Waals surface area (Å²) in [6.45, 7) is 8.03. The van der Waals surface area contributed by atoms with Crippen LogP contribution in [0.3, 0.4) is 0 Å². The van der Waals surface area contributed by atoms with Crippen molar-refractivity contribution in [3.05, 3.63) is 24.6 Å². The molecule has 0 amide bonds. The summed E-state index contributed by atoms with van der Waals surface area (Å²) >= 11 is 0. The summed E-state index contributed by atoms with van der Waals surface area (Å²) in [4.78, 5) is 2.42. The summed E-state index contributed by atoms with van der Waals surface area (Å²) in [6, 6.07) is 0. The van der Waals surface area contributed by atoms with Crippen molar-refractivity contribution >= 4 is 0 Å².